The third kappa shape index (κ3) is 2.95. The fourth-order valence-electron chi connectivity index (χ4n) is 2.12. The number of benzene rings is 1. The van der Waals surface area contributed by atoms with Crippen molar-refractivity contribution in [2.45, 2.75) is 25.9 Å². The number of nitrogens with one attached hydrogen (secondary N) is 1. The fraction of sp³-hybridized carbons (Fsp3) is 0.267. The van der Waals surface area contributed by atoms with Gasteiger partial charge in [-0.3, -0.25) is 9.48 Å². The van der Waals surface area contributed by atoms with Crippen molar-refractivity contribution >= 4 is 27.5 Å². The topological polar surface area (TPSA) is 59.8 Å². The lowest BCUT2D eigenvalue weighted by Crippen LogP contribution is -2.42. The van der Waals surface area contributed by atoms with Crippen molar-refractivity contribution < 1.29 is 4.79 Å². The maximum atomic E-state index is 12.1. The first-order valence-corrected chi connectivity index (χ1v) is 7.51. The van der Waals surface area contributed by atoms with Crippen molar-refractivity contribution in [1.29, 1.82) is 0 Å². The number of hydrogen-bond donors (Lipinski definition) is 1. The van der Waals surface area contributed by atoms with Gasteiger partial charge in [-0.25, -0.2) is 4.98 Å². The molecule has 5 nitrogen and oxygen atoms in total. The number of aromatic nitrogens is 3. The van der Waals surface area contributed by atoms with Crippen LogP contribution in [0.3, 0.4) is 0 Å². The van der Waals surface area contributed by atoms with Crippen LogP contribution in [0.4, 0.5) is 0 Å². The minimum Gasteiger partial charge on any atom is -0.343 e. The average Bonchev–Trinajstić information content (AvgIpc) is 3.06. The van der Waals surface area contributed by atoms with E-state index in [0.29, 0.717) is 0 Å². The van der Waals surface area contributed by atoms with E-state index in [0.717, 1.165) is 15.2 Å². The molecule has 0 aliphatic rings. The van der Waals surface area contributed by atoms with Crippen LogP contribution in [0, 0.1) is 0 Å². The SMILES string of the molecule is CC(C)(NC(=O)Cn1cccn1)c1nc2ccccc2s1. The molecule has 1 aromatic carbocycles. The zero-order valence-corrected chi connectivity index (χ0v) is 12.7. The number of thiazole rings is 1. The average molecular weight is 300 g/mol. The van der Waals surface area contributed by atoms with E-state index in [-0.39, 0.29) is 12.5 Å². The van der Waals surface area contributed by atoms with Crippen molar-refractivity contribution in [3.05, 3.63) is 47.7 Å². The predicted molar refractivity (Wildman–Crippen MR) is 83.0 cm³/mol. The summed E-state index contributed by atoms with van der Waals surface area (Å²) in [5, 5.41) is 7.96. The van der Waals surface area contributed by atoms with Gasteiger partial charge in [0.15, 0.2) is 0 Å². The van der Waals surface area contributed by atoms with Crippen LogP contribution < -0.4 is 5.32 Å². The van der Waals surface area contributed by atoms with Crippen LogP contribution in [0.1, 0.15) is 18.9 Å². The maximum Gasteiger partial charge on any atom is 0.242 e. The summed E-state index contributed by atoms with van der Waals surface area (Å²) in [6.45, 7) is 4.14. The quantitative estimate of drug-likeness (QED) is 0.805. The van der Waals surface area contributed by atoms with Crippen LogP contribution in [0.25, 0.3) is 10.2 Å². The third-order valence-electron chi connectivity index (χ3n) is 3.15. The Kier molecular flexibility index (Phi) is 3.47. The van der Waals surface area contributed by atoms with Crippen molar-refractivity contribution in [3.8, 4) is 0 Å². The van der Waals surface area contributed by atoms with Crippen LogP contribution in [0.15, 0.2) is 42.7 Å². The van der Waals surface area contributed by atoms with Gasteiger partial charge in [-0.15, -0.1) is 11.3 Å². The molecule has 1 amide bonds. The highest BCUT2D eigenvalue weighted by atomic mass is 32.1. The molecule has 0 aliphatic heterocycles. The molecule has 108 valence electrons. The van der Waals surface area contributed by atoms with Crippen LogP contribution in [0.2, 0.25) is 0 Å². The summed E-state index contributed by atoms with van der Waals surface area (Å²) in [6, 6.07) is 9.78. The number of carbonyl (C=O) groups excluding carboxylic acids is 1. The number of fused-ring (bicyclic) bond motifs is 1. The zero-order chi connectivity index (χ0) is 14.9. The highest BCUT2D eigenvalue weighted by Crippen LogP contribution is 2.29. The van der Waals surface area contributed by atoms with E-state index in [1.165, 1.54) is 0 Å². The van der Waals surface area contributed by atoms with E-state index in [1.54, 1.807) is 34.5 Å². The highest BCUT2D eigenvalue weighted by molar-refractivity contribution is 7.18. The molecule has 1 N–H and O–H groups in total. The second-order valence-electron chi connectivity index (χ2n) is 5.36. The molecule has 3 aromatic rings. The first-order valence-electron chi connectivity index (χ1n) is 6.69. The Morgan fingerprint density at radius 3 is 2.86 bits per heavy atom. The largest absolute Gasteiger partial charge is 0.343 e. The number of nitrogens with zero attached hydrogens (tertiary/aromatic N) is 3. The van der Waals surface area contributed by atoms with E-state index in [2.05, 4.69) is 15.4 Å². The van der Waals surface area contributed by atoms with Crippen LogP contribution in [0.5, 0.6) is 0 Å². The van der Waals surface area contributed by atoms with Gasteiger partial charge in [-0.2, -0.15) is 5.10 Å². The fourth-order valence-corrected chi connectivity index (χ4v) is 3.15. The van der Waals surface area contributed by atoms with E-state index in [9.17, 15) is 4.79 Å². The van der Waals surface area contributed by atoms with Gasteiger partial charge in [-0.1, -0.05) is 12.1 Å². The molecule has 0 fully saturated rings. The van der Waals surface area contributed by atoms with Crippen molar-refractivity contribution in [2.24, 2.45) is 0 Å². The van der Waals surface area contributed by atoms with Gasteiger partial charge in [0.05, 0.1) is 15.8 Å². The minimum atomic E-state index is -0.506. The molecule has 0 saturated heterocycles. The first kappa shape index (κ1) is 13.8. The Morgan fingerprint density at radius 2 is 2.14 bits per heavy atom. The summed E-state index contributed by atoms with van der Waals surface area (Å²) in [6.07, 6.45) is 3.43. The molecule has 21 heavy (non-hydrogen) atoms. The van der Waals surface area contributed by atoms with E-state index in [4.69, 9.17) is 0 Å². The van der Waals surface area contributed by atoms with Gasteiger partial charge >= 0.3 is 0 Å². The summed E-state index contributed by atoms with van der Waals surface area (Å²) in [7, 11) is 0. The normalized spacial score (nSPS) is 11.7. The summed E-state index contributed by atoms with van der Waals surface area (Å²) < 4.78 is 2.73. The second kappa shape index (κ2) is 5.29. The van der Waals surface area contributed by atoms with Gasteiger partial charge in [-0.05, 0) is 32.0 Å². The van der Waals surface area contributed by atoms with E-state index < -0.39 is 5.54 Å². The molecule has 0 spiro atoms. The van der Waals surface area contributed by atoms with Gasteiger partial charge in [0, 0.05) is 12.4 Å². The lowest BCUT2D eigenvalue weighted by atomic mass is 10.1. The maximum absolute atomic E-state index is 12.1. The summed E-state index contributed by atoms with van der Waals surface area (Å²) >= 11 is 1.61. The molecular weight excluding hydrogens is 284 g/mol. The summed E-state index contributed by atoms with van der Waals surface area (Å²) in [5.41, 5.74) is 0.459. The first-order chi connectivity index (χ1) is 10.0. The molecule has 0 unspecified atom stereocenters. The number of hydrogen-bond acceptors (Lipinski definition) is 4. The number of para-hydroxylation sites is 1. The molecular formula is C15H16N4OS. The van der Waals surface area contributed by atoms with Crippen molar-refractivity contribution in [1.82, 2.24) is 20.1 Å². The molecule has 0 atom stereocenters. The van der Waals surface area contributed by atoms with Crippen LogP contribution >= 0.6 is 11.3 Å². The van der Waals surface area contributed by atoms with E-state index >= 15 is 0 Å². The van der Waals surface area contributed by atoms with Crippen LogP contribution in [-0.4, -0.2) is 20.7 Å². The molecule has 0 radical (unpaired) electrons. The number of carbonyl (C=O) groups is 1. The molecule has 0 aliphatic carbocycles. The lowest BCUT2D eigenvalue weighted by molar-refractivity contribution is -0.123. The number of rotatable bonds is 4. The Bertz CT molecular complexity index is 728. The Morgan fingerprint density at radius 1 is 1.33 bits per heavy atom. The Balaban J connectivity index is 1.77. The Hall–Kier alpha value is -2.21. The summed E-state index contributed by atoms with van der Waals surface area (Å²) in [5.74, 6) is -0.0806. The molecule has 3 rings (SSSR count). The minimum absolute atomic E-state index is 0.0806. The predicted octanol–water partition coefficient (Wildman–Crippen LogP) is 2.54. The second-order valence-corrected chi connectivity index (χ2v) is 6.39. The smallest absolute Gasteiger partial charge is 0.242 e. The molecule has 2 heterocycles. The van der Waals surface area contributed by atoms with Crippen LogP contribution in [-0.2, 0) is 16.9 Å². The van der Waals surface area contributed by atoms with Crippen molar-refractivity contribution in [3.63, 3.8) is 0 Å². The summed E-state index contributed by atoms with van der Waals surface area (Å²) in [4.78, 5) is 16.7. The Labute approximate surface area is 126 Å². The monoisotopic (exact) mass is 300 g/mol. The van der Waals surface area contributed by atoms with Gasteiger partial charge in [0.2, 0.25) is 5.91 Å². The standard InChI is InChI=1S/C15H16N4OS/c1-15(2,18-13(20)10-19-9-5-8-16-19)14-17-11-6-3-4-7-12(11)21-14/h3-9H,10H2,1-2H3,(H,18,20). The molecule has 2 aromatic heterocycles. The van der Waals surface area contributed by atoms with E-state index in [1.807, 2.05) is 38.1 Å². The zero-order valence-electron chi connectivity index (χ0n) is 11.9. The van der Waals surface area contributed by atoms with Gasteiger partial charge < -0.3 is 5.32 Å². The highest BCUT2D eigenvalue weighted by Gasteiger charge is 2.26. The third-order valence-corrected chi connectivity index (χ3v) is 4.51. The van der Waals surface area contributed by atoms with Gasteiger partial charge in [0.25, 0.3) is 0 Å². The van der Waals surface area contributed by atoms with Crippen molar-refractivity contribution in [2.75, 3.05) is 0 Å². The molecule has 0 saturated carbocycles. The lowest BCUT2D eigenvalue weighted by Gasteiger charge is -2.23. The molecule has 6 heteroatoms. The van der Waals surface area contributed by atoms with Gasteiger partial charge in [0.1, 0.15) is 11.6 Å². The molecule has 0 bridgehead atoms. The number of amides is 1.